The van der Waals surface area contributed by atoms with Crippen molar-refractivity contribution in [3.63, 3.8) is 0 Å². The summed E-state index contributed by atoms with van der Waals surface area (Å²) in [7, 11) is 3.89. The minimum absolute atomic E-state index is 0.289. The number of carbonyl (C=O) groups is 1. The van der Waals surface area contributed by atoms with Gasteiger partial charge in [0.1, 0.15) is 11.4 Å². The summed E-state index contributed by atoms with van der Waals surface area (Å²) in [6, 6.07) is 0.289. The van der Waals surface area contributed by atoms with E-state index in [9.17, 15) is 9.90 Å². The number of aromatic nitrogens is 2. The Balaban J connectivity index is 2.41. The van der Waals surface area contributed by atoms with Gasteiger partial charge in [0, 0.05) is 32.7 Å². The van der Waals surface area contributed by atoms with E-state index in [4.69, 9.17) is 0 Å². The molecule has 1 atom stereocenters. The number of likely N-dealkylation sites (N-methyl/N-ethyl adjacent to an activating group) is 1. The highest BCUT2D eigenvalue weighted by Crippen LogP contribution is 2.26. The molecule has 1 aliphatic heterocycles. The summed E-state index contributed by atoms with van der Waals surface area (Å²) in [5.74, 6) is -0.178. The second kappa shape index (κ2) is 4.61. The fourth-order valence-electron chi connectivity index (χ4n) is 2.68. The standard InChI is InChI=1S/C12H20N4O2/c1-8-7-14(3)5-6-16(8)11-10(12(17)18)9(2)13-15(11)4/h8H,5-7H2,1-4H3,(H,17,18). The highest BCUT2D eigenvalue weighted by atomic mass is 16.4. The molecule has 0 aliphatic carbocycles. The van der Waals surface area contributed by atoms with Gasteiger partial charge in [-0.15, -0.1) is 0 Å². The van der Waals surface area contributed by atoms with Gasteiger partial charge in [0.2, 0.25) is 0 Å². The zero-order chi connectivity index (χ0) is 13.4. The fourth-order valence-corrected chi connectivity index (χ4v) is 2.68. The summed E-state index contributed by atoms with van der Waals surface area (Å²) >= 11 is 0. The molecule has 1 N–H and O–H groups in total. The van der Waals surface area contributed by atoms with E-state index in [0.717, 1.165) is 25.5 Å². The van der Waals surface area contributed by atoms with Gasteiger partial charge in [-0.1, -0.05) is 0 Å². The van der Waals surface area contributed by atoms with E-state index in [1.165, 1.54) is 0 Å². The lowest BCUT2D eigenvalue weighted by atomic mass is 10.1. The van der Waals surface area contributed by atoms with E-state index in [0.29, 0.717) is 11.3 Å². The molecule has 100 valence electrons. The lowest BCUT2D eigenvalue weighted by Gasteiger charge is -2.39. The third-order valence-electron chi connectivity index (χ3n) is 3.51. The SMILES string of the molecule is Cc1nn(C)c(N2CCN(C)CC2C)c1C(=O)O. The molecule has 1 aromatic rings. The Kier molecular flexibility index (Phi) is 3.30. The lowest BCUT2D eigenvalue weighted by molar-refractivity contribution is 0.0696. The molecular weight excluding hydrogens is 232 g/mol. The zero-order valence-corrected chi connectivity index (χ0v) is 11.3. The number of aromatic carboxylic acids is 1. The number of hydrogen-bond donors (Lipinski definition) is 1. The van der Waals surface area contributed by atoms with Crippen molar-refractivity contribution in [2.75, 3.05) is 31.6 Å². The molecule has 6 nitrogen and oxygen atoms in total. The van der Waals surface area contributed by atoms with E-state index < -0.39 is 5.97 Å². The van der Waals surface area contributed by atoms with Crippen molar-refractivity contribution in [2.45, 2.75) is 19.9 Å². The Hall–Kier alpha value is -1.56. The predicted octanol–water partition coefficient (Wildman–Crippen LogP) is 0.567. The molecule has 2 rings (SSSR count). The molecule has 0 spiro atoms. The third-order valence-corrected chi connectivity index (χ3v) is 3.51. The van der Waals surface area contributed by atoms with Gasteiger partial charge >= 0.3 is 5.97 Å². The number of anilines is 1. The summed E-state index contributed by atoms with van der Waals surface area (Å²) in [5, 5.41) is 13.6. The molecule has 1 saturated heterocycles. The van der Waals surface area contributed by atoms with E-state index >= 15 is 0 Å². The van der Waals surface area contributed by atoms with E-state index in [-0.39, 0.29) is 6.04 Å². The molecule has 1 aromatic heterocycles. The first kappa shape index (κ1) is 12.9. The topological polar surface area (TPSA) is 61.6 Å². The monoisotopic (exact) mass is 252 g/mol. The van der Waals surface area contributed by atoms with Crippen molar-refractivity contribution in [1.82, 2.24) is 14.7 Å². The largest absolute Gasteiger partial charge is 0.477 e. The molecule has 1 aliphatic rings. The summed E-state index contributed by atoms with van der Waals surface area (Å²) in [6.07, 6.45) is 0. The maximum atomic E-state index is 11.4. The highest BCUT2D eigenvalue weighted by Gasteiger charge is 2.29. The van der Waals surface area contributed by atoms with Gasteiger partial charge in [0.25, 0.3) is 0 Å². The van der Waals surface area contributed by atoms with Crippen molar-refractivity contribution >= 4 is 11.8 Å². The predicted molar refractivity (Wildman–Crippen MR) is 69.2 cm³/mol. The van der Waals surface area contributed by atoms with E-state index in [1.54, 1.807) is 18.7 Å². The van der Waals surface area contributed by atoms with Crippen LogP contribution in [0.25, 0.3) is 0 Å². The highest BCUT2D eigenvalue weighted by molar-refractivity contribution is 5.95. The van der Waals surface area contributed by atoms with Crippen molar-refractivity contribution in [1.29, 1.82) is 0 Å². The van der Waals surface area contributed by atoms with Gasteiger partial charge in [0.15, 0.2) is 0 Å². The van der Waals surface area contributed by atoms with Crippen molar-refractivity contribution < 1.29 is 9.90 Å². The Labute approximate surface area is 107 Å². The van der Waals surface area contributed by atoms with Crippen LogP contribution in [0.4, 0.5) is 5.82 Å². The minimum atomic E-state index is -0.901. The molecule has 0 saturated carbocycles. The van der Waals surface area contributed by atoms with Crippen LogP contribution in [0.15, 0.2) is 0 Å². The number of carboxylic acid groups (broad SMARTS) is 1. The Morgan fingerprint density at radius 2 is 2.06 bits per heavy atom. The third kappa shape index (κ3) is 2.08. The Bertz CT molecular complexity index is 469. The molecule has 0 aromatic carbocycles. The van der Waals surface area contributed by atoms with Crippen molar-refractivity contribution in [3.8, 4) is 0 Å². The molecule has 1 fully saturated rings. The number of carboxylic acids is 1. The van der Waals surface area contributed by atoms with Gasteiger partial charge in [-0.3, -0.25) is 4.68 Å². The molecular formula is C12H20N4O2. The maximum Gasteiger partial charge on any atom is 0.341 e. The minimum Gasteiger partial charge on any atom is -0.477 e. The number of aryl methyl sites for hydroxylation is 2. The first-order chi connectivity index (χ1) is 8.41. The molecule has 18 heavy (non-hydrogen) atoms. The summed E-state index contributed by atoms with van der Waals surface area (Å²) < 4.78 is 1.68. The average Bonchev–Trinajstić information content (AvgIpc) is 2.53. The van der Waals surface area contributed by atoms with Gasteiger partial charge in [-0.25, -0.2) is 4.79 Å². The zero-order valence-electron chi connectivity index (χ0n) is 11.3. The van der Waals surface area contributed by atoms with Crippen LogP contribution in [0.1, 0.15) is 23.0 Å². The number of piperazine rings is 1. The summed E-state index contributed by atoms with van der Waals surface area (Å²) in [5.41, 5.74) is 0.903. The second-order valence-electron chi connectivity index (χ2n) is 5.02. The normalized spacial score (nSPS) is 21.3. The quantitative estimate of drug-likeness (QED) is 0.833. The Morgan fingerprint density at radius 1 is 1.39 bits per heavy atom. The lowest BCUT2D eigenvalue weighted by Crippen LogP contribution is -2.51. The van der Waals surface area contributed by atoms with Crippen LogP contribution in [0, 0.1) is 6.92 Å². The molecule has 0 bridgehead atoms. The molecule has 2 heterocycles. The molecule has 6 heteroatoms. The van der Waals surface area contributed by atoms with Crippen LogP contribution in [-0.4, -0.2) is 58.5 Å². The van der Waals surface area contributed by atoms with Gasteiger partial charge in [-0.05, 0) is 20.9 Å². The van der Waals surface area contributed by atoms with Crippen LogP contribution in [0.2, 0.25) is 0 Å². The van der Waals surface area contributed by atoms with Crippen LogP contribution in [-0.2, 0) is 7.05 Å². The average molecular weight is 252 g/mol. The number of nitrogens with zero attached hydrogens (tertiary/aromatic N) is 4. The van der Waals surface area contributed by atoms with Crippen LogP contribution in [0.3, 0.4) is 0 Å². The Morgan fingerprint density at radius 3 is 2.61 bits per heavy atom. The smallest absolute Gasteiger partial charge is 0.341 e. The van der Waals surface area contributed by atoms with Crippen LogP contribution >= 0.6 is 0 Å². The summed E-state index contributed by atoms with van der Waals surface area (Å²) in [6.45, 7) is 6.56. The number of rotatable bonds is 2. The van der Waals surface area contributed by atoms with Crippen LogP contribution < -0.4 is 4.90 Å². The van der Waals surface area contributed by atoms with E-state index in [2.05, 4.69) is 28.9 Å². The van der Waals surface area contributed by atoms with Crippen molar-refractivity contribution in [3.05, 3.63) is 11.3 Å². The van der Waals surface area contributed by atoms with Gasteiger partial charge < -0.3 is 14.9 Å². The first-order valence-electron chi connectivity index (χ1n) is 6.14. The number of hydrogen-bond acceptors (Lipinski definition) is 4. The van der Waals surface area contributed by atoms with Crippen molar-refractivity contribution in [2.24, 2.45) is 7.05 Å². The van der Waals surface area contributed by atoms with Gasteiger partial charge in [-0.2, -0.15) is 5.10 Å². The maximum absolute atomic E-state index is 11.4. The molecule has 0 amide bonds. The molecule has 0 radical (unpaired) electrons. The van der Waals surface area contributed by atoms with E-state index in [1.807, 2.05) is 0 Å². The second-order valence-corrected chi connectivity index (χ2v) is 5.02. The first-order valence-corrected chi connectivity index (χ1v) is 6.14. The summed E-state index contributed by atoms with van der Waals surface area (Å²) in [4.78, 5) is 15.8. The molecule has 1 unspecified atom stereocenters. The fraction of sp³-hybridized carbons (Fsp3) is 0.667. The van der Waals surface area contributed by atoms with Gasteiger partial charge in [0.05, 0.1) is 5.69 Å². The van der Waals surface area contributed by atoms with Crippen LogP contribution in [0.5, 0.6) is 0 Å².